The first-order valence-electron chi connectivity index (χ1n) is 11.6. The van der Waals surface area contributed by atoms with Gasteiger partial charge in [0.25, 0.3) is 0 Å². The largest absolute Gasteiger partial charge is 0.478 e. The maximum absolute atomic E-state index is 11.2. The average Bonchev–Trinajstić information content (AvgIpc) is 2.84. The van der Waals surface area contributed by atoms with Crippen molar-refractivity contribution in [2.45, 2.75) is 31.3 Å². The van der Waals surface area contributed by atoms with Crippen LogP contribution in [-0.2, 0) is 16.0 Å². The maximum atomic E-state index is 11.2. The third-order valence-corrected chi connectivity index (χ3v) is 6.27. The maximum Gasteiger partial charge on any atom is 0.319 e. The van der Waals surface area contributed by atoms with Gasteiger partial charge in [0.05, 0.1) is 25.5 Å². The normalized spacial score (nSPS) is 23.5. The number of carbonyl (C=O) groups excluding carboxylic acids is 1. The zero-order valence-corrected chi connectivity index (χ0v) is 18.8. The Morgan fingerprint density at radius 2 is 1.97 bits per heavy atom. The van der Waals surface area contributed by atoms with Crippen molar-refractivity contribution >= 4 is 5.97 Å². The number of pyridine rings is 1. The molecule has 1 atom stereocenters. The summed E-state index contributed by atoms with van der Waals surface area (Å²) in [6, 6.07) is 13.8. The van der Waals surface area contributed by atoms with E-state index in [2.05, 4.69) is 28.9 Å². The van der Waals surface area contributed by atoms with Crippen molar-refractivity contribution < 1.29 is 19.4 Å². The molecule has 0 saturated carbocycles. The summed E-state index contributed by atoms with van der Waals surface area (Å²) in [6.07, 6.45) is 3.15. The van der Waals surface area contributed by atoms with Gasteiger partial charge in [-0.05, 0) is 37.6 Å². The molecule has 3 aliphatic rings. The number of aromatic nitrogens is 1. The number of esters is 1. The summed E-state index contributed by atoms with van der Waals surface area (Å²) >= 11 is 0. The number of ether oxygens (including phenoxy) is 2. The van der Waals surface area contributed by atoms with Crippen molar-refractivity contribution in [3.8, 4) is 17.7 Å². The van der Waals surface area contributed by atoms with Crippen LogP contribution in [0.3, 0.4) is 0 Å². The van der Waals surface area contributed by atoms with E-state index >= 15 is 0 Å². The number of piperidine rings is 3. The molecule has 5 rings (SSSR count). The summed E-state index contributed by atoms with van der Waals surface area (Å²) in [5, 5.41) is 11.2. The van der Waals surface area contributed by atoms with E-state index in [1.807, 2.05) is 24.3 Å². The monoisotopic (exact) mass is 449 g/mol. The molecular weight excluding hydrogens is 418 g/mol. The minimum Gasteiger partial charge on any atom is -0.478 e. The predicted molar refractivity (Wildman–Crippen MR) is 125 cm³/mol. The Morgan fingerprint density at radius 1 is 1.18 bits per heavy atom. The van der Waals surface area contributed by atoms with Crippen LogP contribution in [0.25, 0.3) is 0 Å². The van der Waals surface area contributed by atoms with Crippen LogP contribution in [0.1, 0.15) is 36.1 Å². The lowest BCUT2D eigenvalue weighted by Crippen LogP contribution is -2.58. The Balaban J connectivity index is 1.48. The summed E-state index contributed by atoms with van der Waals surface area (Å²) in [5.41, 5.74) is 7.00. The van der Waals surface area contributed by atoms with Crippen LogP contribution in [0.2, 0.25) is 0 Å². The molecule has 33 heavy (non-hydrogen) atoms. The van der Waals surface area contributed by atoms with E-state index in [1.54, 1.807) is 6.07 Å². The van der Waals surface area contributed by atoms with Crippen LogP contribution < -0.4 is 10.5 Å². The van der Waals surface area contributed by atoms with Crippen molar-refractivity contribution in [3.05, 3.63) is 59.3 Å². The zero-order chi connectivity index (χ0) is 23.1. The van der Waals surface area contributed by atoms with E-state index in [-0.39, 0.29) is 19.1 Å². The number of fused-ring (bicyclic) bond motifs is 3. The molecule has 4 heterocycles. The molecule has 3 fully saturated rings. The molecule has 3 aliphatic heterocycles. The quantitative estimate of drug-likeness (QED) is 0.360. The van der Waals surface area contributed by atoms with Crippen LogP contribution in [-0.4, -0.2) is 66.0 Å². The van der Waals surface area contributed by atoms with Crippen LogP contribution in [0.5, 0.6) is 5.88 Å². The molecule has 0 spiro atoms. The summed E-state index contributed by atoms with van der Waals surface area (Å²) in [6.45, 7) is 3.22. The number of nitrogens with zero attached hydrogens (tertiary/aromatic N) is 2. The third-order valence-electron chi connectivity index (χ3n) is 6.27. The molecule has 1 aromatic carbocycles. The first kappa shape index (κ1) is 23.2. The molecule has 0 amide bonds. The van der Waals surface area contributed by atoms with Crippen molar-refractivity contribution in [2.24, 2.45) is 11.7 Å². The van der Waals surface area contributed by atoms with E-state index in [0.717, 1.165) is 42.8 Å². The highest BCUT2D eigenvalue weighted by molar-refractivity contribution is 5.71. The van der Waals surface area contributed by atoms with E-state index in [0.29, 0.717) is 31.9 Å². The fourth-order valence-electron chi connectivity index (χ4n) is 4.44. The second kappa shape index (κ2) is 10.8. The van der Waals surface area contributed by atoms with Crippen molar-refractivity contribution in [1.82, 2.24) is 9.88 Å². The van der Waals surface area contributed by atoms with Crippen LogP contribution in [0, 0.1) is 17.8 Å². The van der Waals surface area contributed by atoms with Crippen molar-refractivity contribution in [3.63, 3.8) is 0 Å². The van der Waals surface area contributed by atoms with E-state index < -0.39 is 11.6 Å². The molecule has 1 unspecified atom stereocenters. The Morgan fingerprint density at radius 3 is 2.67 bits per heavy atom. The van der Waals surface area contributed by atoms with E-state index in [9.17, 15) is 9.90 Å². The third kappa shape index (κ3) is 6.11. The number of hydrogen-bond donors (Lipinski definition) is 2. The SMILES string of the molecule is NCC(=O)OCCCOc1ccc(C#CC2(O)CN3CCC2CC3)c(Cc2ccccc2)n1. The molecule has 0 aliphatic carbocycles. The number of benzene rings is 1. The number of carbonyl (C=O) groups is 1. The van der Waals surface area contributed by atoms with Gasteiger partial charge < -0.3 is 20.3 Å². The van der Waals surface area contributed by atoms with E-state index in [4.69, 9.17) is 20.2 Å². The van der Waals surface area contributed by atoms with Gasteiger partial charge in [0.15, 0.2) is 0 Å². The molecule has 3 N–H and O–H groups in total. The average molecular weight is 450 g/mol. The zero-order valence-electron chi connectivity index (χ0n) is 18.8. The predicted octanol–water partition coefficient (Wildman–Crippen LogP) is 1.75. The smallest absolute Gasteiger partial charge is 0.319 e. The first-order chi connectivity index (χ1) is 16.1. The van der Waals surface area contributed by atoms with E-state index in [1.165, 1.54) is 0 Å². The van der Waals surface area contributed by atoms with Gasteiger partial charge in [-0.2, -0.15) is 0 Å². The van der Waals surface area contributed by atoms with Gasteiger partial charge in [0.1, 0.15) is 5.60 Å². The topological polar surface area (TPSA) is 97.9 Å². The fraction of sp³-hybridized carbons (Fsp3) is 0.462. The standard InChI is InChI=1S/C26H31N3O4/c27-18-25(30)33-16-4-15-32-24-8-7-21(23(28-24)17-20-5-2-1-3-6-20)9-12-26(31)19-29-13-10-22(26)11-14-29/h1-3,5-8,22,31H,4,10-11,13-19,27H2. The second-order valence-corrected chi connectivity index (χ2v) is 8.66. The van der Waals surface area contributed by atoms with Crippen LogP contribution in [0.4, 0.5) is 0 Å². The number of nitrogens with two attached hydrogens (primary N) is 1. The molecule has 3 saturated heterocycles. The lowest BCUT2D eigenvalue weighted by molar-refractivity contribution is -0.142. The Labute approximate surface area is 194 Å². The molecule has 2 aromatic rings. The summed E-state index contributed by atoms with van der Waals surface area (Å²) < 4.78 is 10.7. The first-order valence-corrected chi connectivity index (χ1v) is 11.6. The molecule has 174 valence electrons. The molecule has 0 radical (unpaired) electrons. The van der Waals surface area contributed by atoms with Gasteiger partial charge in [-0.1, -0.05) is 42.2 Å². The van der Waals surface area contributed by atoms with Gasteiger partial charge in [0, 0.05) is 36.9 Å². The minimum atomic E-state index is -0.962. The highest BCUT2D eigenvalue weighted by atomic mass is 16.5. The van der Waals surface area contributed by atoms with Crippen LogP contribution >= 0.6 is 0 Å². The second-order valence-electron chi connectivity index (χ2n) is 8.66. The summed E-state index contributed by atoms with van der Waals surface area (Å²) in [5.74, 6) is 6.73. The molecule has 7 nitrogen and oxygen atoms in total. The minimum absolute atomic E-state index is 0.123. The molecule has 1 aromatic heterocycles. The van der Waals surface area contributed by atoms with Crippen LogP contribution in [0.15, 0.2) is 42.5 Å². The Bertz CT molecular complexity index is 1010. The fourth-order valence-corrected chi connectivity index (χ4v) is 4.44. The van der Waals surface area contributed by atoms with Crippen molar-refractivity contribution in [2.75, 3.05) is 39.4 Å². The number of rotatable bonds is 8. The van der Waals surface area contributed by atoms with Gasteiger partial charge in [-0.15, -0.1) is 0 Å². The highest BCUT2D eigenvalue weighted by Crippen LogP contribution is 2.35. The highest BCUT2D eigenvalue weighted by Gasteiger charge is 2.44. The number of aliphatic hydroxyl groups is 1. The van der Waals surface area contributed by atoms with Crippen molar-refractivity contribution in [1.29, 1.82) is 0 Å². The molecule has 2 bridgehead atoms. The summed E-state index contributed by atoms with van der Waals surface area (Å²) in [7, 11) is 0. The summed E-state index contributed by atoms with van der Waals surface area (Å²) in [4.78, 5) is 18.1. The number of hydrogen-bond acceptors (Lipinski definition) is 7. The van der Waals surface area contributed by atoms with Gasteiger partial charge >= 0.3 is 5.97 Å². The lowest BCUT2D eigenvalue weighted by Gasteiger charge is -2.47. The van der Waals surface area contributed by atoms with Gasteiger partial charge in [-0.25, -0.2) is 4.98 Å². The Hall–Kier alpha value is -2.92. The van der Waals surface area contributed by atoms with Gasteiger partial charge in [-0.3, -0.25) is 9.69 Å². The molecular formula is C26H31N3O4. The van der Waals surface area contributed by atoms with Gasteiger partial charge in [0.2, 0.25) is 5.88 Å². The Kier molecular flexibility index (Phi) is 7.61. The lowest BCUT2D eigenvalue weighted by atomic mass is 9.75. The molecule has 7 heteroatoms.